The van der Waals surface area contributed by atoms with Crippen LogP contribution in [0.1, 0.15) is 6.92 Å². The first-order chi connectivity index (χ1) is 8.06. The van der Waals surface area contributed by atoms with Gasteiger partial charge in [0.05, 0.1) is 12.0 Å². The summed E-state index contributed by atoms with van der Waals surface area (Å²) in [6, 6.07) is 6.00. The Labute approximate surface area is 97.2 Å². The lowest BCUT2D eigenvalue weighted by molar-refractivity contribution is -0.384. The van der Waals surface area contributed by atoms with Crippen LogP contribution in [-0.4, -0.2) is 23.7 Å². The van der Waals surface area contributed by atoms with Gasteiger partial charge in [-0.1, -0.05) is 12.1 Å². The summed E-state index contributed by atoms with van der Waals surface area (Å²) in [6.07, 6.45) is 0. The third-order valence-corrected chi connectivity index (χ3v) is 1.93. The average molecular weight is 237 g/mol. The van der Waals surface area contributed by atoms with E-state index in [0.29, 0.717) is 0 Å². The minimum atomic E-state index is -0.601. The molecule has 0 bridgehead atoms. The maximum absolute atomic E-state index is 11.0. The van der Waals surface area contributed by atoms with Gasteiger partial charge in [0.15, 0.2) is 0 Å². The maximum atomic E-state index is 11.0. The van der Waals surface area contributed by atoms with Gasteiger partial charge < -0.3 is 4.74 Å². The van der Waals surface area contributed by atoms with Crippen molar-refractivity contribution in [1.82, 2.24) is 0 Å². The second kappa shape index (κ2) is 5.59. The van der Waals surface area contributed by atoms with Gasteiger partial charge in [-0.2, -0.15) is 5.10 Å². The molecule has 0 saturated carbocycles. The number of esters is 1. The Bertz CT molecular complexity index is 470. The highest BCUT2D eigenvalue weighted by Gasteiger charge is 2.12. The standard InChI is InChI=1S/C10H11N3O4/c1-7(10(14)17-2)11-12-8-5-3-4-6-9(8)13(15)16/h3-6,12H,1-2H3/b11-7+. The molecule has 7 heteroatoms. The Morgan fingerprint density at radius 1 is 1.47 bits per heavy atom. The van der Waals surface area contributed by atoms with Gasteiger partial charge in [-0.3, -0.25) is 15.5 Å². The van der Waals surface area contributed by atoms with Crippen LogP contribution < -0.4 is 5.43 Å². The van der Waals surface area contributed by atoms with Gasteiger partial charge in [-0.05, 0) is 13.0 Å². The molecule has 0 saturated heterocycles. The molecule has 1 N–H and O–H groups in total. The summed E-state index contributed by atoms with van der Waals surface area (Å²) in [6.45, 7) is 1.44. The highest BCUT2D eigenvalue weighted by Crippen LogP contribution is 2.22. The van der Waals surface area contributed by atoms with Crippen molar-refractivity contribution in [2.24, 2.45) is 5.10 Å². The number of rotatable bonds is 4. The number of ether oxygens (including phenoxy) is 1. The maximum Gasteiger partial charge on any atom is 0.353 e. The fraction of sp³-hybridized carbons (Fsp3) is 0.200. The zero-order valence-corrected chi connectivity index (χ0v) is 9.34. The lowest BCUT2D eigenvalue weighted by Gasteiger charge is -2.02. The number of methoxy groups -OCH3 is 1. The van der Waals surface area contributed by atoms with Crippen molar-refractivity contribution in [3.05, 3.63) is 34.4 Å². The molecule has 0 atom stereocenters. The zero-order chi connectivity index (χ0) is 12.8. The fourth-order valence-corrected chi connectivity index (χ4v) is 1.06. The van der Waals surface area contributed by atoms with Crippen LogP contribution in [0, 0.1) is 10.1 Å². The summed E-state index contributed by atoms with van der Waals surface area (Å²) < 4.78 is 4.43. The Morgan fingerprint density at radius 2 is 2.12 bits per heavy atom. The number of anilines is 1. The molecule has 90 valence electrons. The van der Waals surface area contributed by atoms with Crippen molar-refractivity contribution in [1.29, 1.82) is 0 Å². The predicted molar refractivity (Wildman–Crippen MR) is 61.8 cm³/mol. The fourth-order valence-electron chi connectivity index (χ4n) is 1.06. The first kappa shape index (κ1) is 12.6. The van der Waals surface area contributed by atoms with Crippen LogP contribution in [0.15, 0.2) is 29.4 Å². The summed E-state index contributed by atoms with van der Waals surface area (Å²) in [4.78, 5) is 21.2. The number of carbonyl (C=O) groups is 1. The number of hydrogen-bond acceptors (Lipinski definition) is 6. The van der Waals surface area contributed by atoms with Crippen LogP contribution in [0.5, 0.6) is 0 Å². The second-order valence-corrected chi connectivity index (χ2v) is 3.07. The molecule has 1 rings (SSSR count). The van der Waals surface area contributed by atoms with E-state index in [-0.39, 0.29) is 17.1 Å². The van der Waals surface area contributed by atoms with E-state index in [1.807, 2.05) is 0 Å². The highest BCUT2D eigenvalue weighted by molar-refractivity contribution is 6.35. The highest BCUT2D eigenvalue weighted by atomic mass is 16.6. The third kappa shape index (κ3) is 3.26. The molecule has 0 spiro atoms. The van der Waals surface area contributed by atoms with Gasteiger partial charge >= 0.3 is 5.97 Å². The summed E-state index contributed by atoms with van der Waals surface area (Å²) >= 11 is 0. The van der Waals surface area contributed by atoms with E-state index in [0.717, 1.165) is 0 Å². The smallest absolute Gasteiger partial charge is 0.353 e. The molecule has 0 aliphatic rings. The normalized spacial score (nSPS) is 10.8. The summed E-state index contributed by atoms with van der Waals surface area (Å²) in [5, 5.41) is 14.4. The van der Waals surface area contributed by atoms with E-state index < -0.39 is 10.9 Å². The van der Waals surface area contributed by atoms with Crippen LogP contribution in [0.25, 0.3) is 0 Å². The lowest BCUT2D eigenvalue weighted by Crippen LogP contribution is -2.13. The van der Waals surface area contributed by atoms with E-state index in [1.165, 1.54) is 26.2 Å². The van der Waals surface area contributed by atoms with Gasteiger partial charge in [0.1, 0.15) is 11.4 Å². The molecule has 0 unspecified atom stereocenters. The minimum Gasteiger partial charge on any atom is -0.464 e. The molecule has 0 radical (unpaired) electrons. The quantitative estimate of drug-likeness (QED) is 0.371. The number of nitrogens with one attached hydrogen (secondary N) is 1. The molecule has 17 heavy (non-hydrogen) atoms. The van der Waals surface area contributed by atoms with Crippen molar-refractivity contribution in [2.75, 3.05) is 12.5 Å². The largest absolute Gasteiger partial charge is 0.464 e. The minimum absolute atomic E-state index is 0.0747. The Morgan fingerprint density at radius 3 is 2.71 bits per heavy atom. The number of nitro benzene ring substituents is 1. The van der Waals surface area contributed by atoms with Gasteiger partial charge in [0.25, 0.3) is 5.69 Å². The summed E-state index contributed by atoms with van der Waals surface area (Å²) in [5.74, 6) is -0.601. The van der Waals surface area contributed by atoms with Gasteiger partial charge in [0.2, 0.25) is 0 Å². The van der Waals surface area contributed by atoms with Crippen molar-refractivity contribution < 1.29 is 14.5 Å². The first-order valence-corrected chi connectivity index (χ1v) is 4.68. The third-order valence-electron chi connectivity index (χ3n) is 1.93. The monoisotopic (exact) mass is 237 g/mol. The Balaban J connectivity index is 2.89. The second-order valence-electron chi connectivity index (χ2n) is 3.07. The Hall–Kier alpha value is -2.44. The number of benzene rings is 1. The topological polar surface area (TPSA) is 93.8 Å². The number of nitrogens with zero attached hydrogens (tertiary/aromatic N) is 2. The molecular formula is C10H11N3O4. The molecule has 7 nitrogen and oxygen atoms in total. The van der Waals surface area contributed by atoms with Crippen molar-refractivity contribution in [2.45, 2.75) is 6.92 Å². The molecule has 0 aromatic heterocycles. The van der Waals surface area contributed by atoms with Crippen LogP contribution >= 0.6 is 0 Å². The van der Waals surface area contributed by atoms with Gasteiger partial charge in [-0.15, -0.1) is 0 Å². The molecule has 0 fully saturated rings. The predicted octanol–water partition coefficient (Wildman–Crippen LogP) is 1.56. The zero-order valence-electron chi connectivity index (χ0n) is 9.34. The number of hydrogen-bond donors (Lipinski definition) is 1. The molecule has 1 aromatic rings. The van der Waals surface area contributed by atoms with Crippen molar-refractivity contribution >= 4 is 23.1 Å². The first-order valence-electron chi connectivity index (χ1n) is 4.68. The molecule has 0 aliphatic carbocycles. The SMILES string of the molecule is COC(=O)/C(C)=N/Nc1ccccc1[N+](=O)[O-]. The lowest BCUT2D eigenvalue weighted by atomic mass is 10.3. The van der Waals surface area contributed by atoms with E-state index in [9.17, 15) is 14.9 Å². The number of para-hydroxylation sites is 2. The van der Waals surface area contributed by atoms with Crippen LogP contribution in [0.3, 0.4) is 0 Å². The number of hydrazone groups is 1. The summed E-state index contributed by atoms with van der Waals surface area (Å²) in [7, 11) is 1.23. The van der Waals surface area contributed by atoms with Crippen molar-refractivity contribution in [3.63, 3.8) is 0 Å². The van der Waals surface area contributed by atoms with Crippen LogP contribution in [0.4, 0.5) is 11.4 Å². The van der Waals surface area contributed by atoms with E-state index >= 15 is 0 Å². The van der Waals surface area contributed by atoms with E-state index in [4.69, 9.17) is 0 Å². The summed E-state index contributed by atoms with van der Waals surface area (Å²) in [5.41, 5.74) is 2.62. The molecule has 0 aliphatic heterocycles. The van der Waals surface area contributed by atoms with Crippen LogP contribution in [-0.2, 0) is 9.53 Å². The van der Waals surface area contributed by atoms with Gasteiger partial charge in [-0.25, -0.2) is 4.79 Å². The molecule has 0 amide bonds. The Kier molecular flexibility index (Phi) is 4.15. The molecule has 0 heterocycles. The van der Waals surface area contributed by atoms with Crippen molar-refractivity contribution in [3.8, 4) is 0 Å². The average Bonchev–Trinajstić information content (AvgIpc) is 2.35. The molecular weight excluding hydrogens is 226 g/mol. The molecule has 1 aromatic carbocycles. The van der Waals surface area contributed by atoms with E-state index in [2.05, 4.69) is 15.3 Å². The number of carbonyl (C=O) groups excluding carboxylic acids is 1. The van der Waals surface area contributed by atoms with Crippen LogP contribution in [0.2, 0.25) is 0 Å². The van der Waals surface area contributed by atoms with E-state index in [1.54, 1.807) is 12.1 Å². The van der Waals surface area contributed by atoms with Gasteiger partial charge in [0, 0.05) is 6.07 Å². The number of nitro groups is 1.